The topological polar surface area (TPSA) is 79.4 Å². The van der Waals surface area contributed by atoms with Gasteiger partial charge in [0.05, 0.1) is 18.3 Å². The number of aromatic amines is 1. The lowest BCUT2D eigenvalue weighted by Crippen LogP contribution is -2.31. The molecule has 2 aromatic carbocycles. The molecule has 7 nitrogen and oxygen atoms in total. The van der Waals surface area contributed by atoms with E-state index in [0.717, 1.165) is 46.9 Å². The number of carbonyl (C=O) groups excluding carboxylic acids is 2. The number of piperidine rings is 1. The van der Waals surface area contributed by atoms with Crippen LogP contribution < -0.4 is 10.1 Å². The molecule has 0 atom stereocenters. The first-order chi connectivity index (χ1) is 17.6. The van der Waals surface area contributed by atoms with Crippen molar-refractivity contribution < 1.29 is 14.3 Å². The second-order valence-electron chi connectivity index (χ2n) is 9.66. The summed E-state index contributed by atoms with van der Waals surface area (Å²) in [6, 6.07) is 13.8. The Hall–Kier alpha value is -3.84. The largest absolute Gasteiger partial charge is 0.497 e. The van der Waals surface area contributed by atoms with Crippen molar-refractivity contribution in [3.63, 3.8) is 0 Å². The van der Waals surface area contributed by atoms with Gasteiger partial charge in [0.15, 0.2) is 0 Å². The number of benzene rings is 2. The van der Waals surface area contributed by atoms with Gasteiger partial charge in [0.2, 0.25) is 0 Å². The molecule has 7 heteroatoms. The number of fused-ring (bicyclic) bond motifs is 2. The molecule has 6 rings (SSSR count). The standard InChI is InChI=1S/C29H30N4O3/c1-36-19-10-11-24-21(16-19)22(17-30-24)26-27(29(35)31-28(26)34)23-18-33(25-9-4-3-8-20(23)25)15-7-14-32-12-5-2-6-13-32/h3-4,8-11,16-18,30H,2,5-7,12-15H2,1H3,(H,31,34,35). The maximum atomic E-state index is 13.2. The predicted octanol–water partition coefficient (Wildman–Crippen LogP) is 4.57. The zero-order valence-electron chi connectivity index (χ0n) is 20.5. The highest BCUT2D eigenvalue weighted by atomic mass is 16.5. The van der Waals surface area contributed by atoms with Gasteiger partial charge in [-0.15, -0.1) is 0 Å². The smallest absolute Gasteiger partial charge is 0.259 e. The quantitative estimate of drug-likeness (QED) is 0.378. The first kappa shape index (κ1) is 22.6. The Morgan fingerprint density at radius 1 is 0.889 bits per heavy atom. The Morgan fingerprint density at radius 3 is 2.47 bits per heavy atom. The van der Waals surface area contributed by atoms with E-state index < -0.39 is 0 Å². The van der Waals surface area contributed by atoms with Gasteiger partial charge in [-0.3, -0.25) is 14.9 Å². The number of nitrogens with zero attached hydrogens (tertiary/aromatic N) is 2. The minimum absolute atomic E-state index is 0.358. The molecule has 0 aliphatic carbocycles. The van der Waals surface area contributed by atoms with Gasteiger partial charge in [0.25, 0.3) is 11.8 Å². The number of carbonyl (C=O) groups is 2. The van der Waals surface area contributed by atoms with Crippen LogP contribution in [0.25, 0.3) is 33.0 Å². The van der Waals surface area contributed by atoms with Crippen LogP contribution in [0, 0.1) is 0 Å². The molecule has 1 saturated heterocycles. The Balaban J connectivity index is 1.43. The number of ether oxygens (including phenoxy) is 1. The van der Waals surface area contributed by atoms with E-state index >= 15 is 0 Å². The highest BCUT2D eigenvalue weighted by Gasteiger charge is 2.35. The van der Waals surface area contributed by atoms with Gasteiger partial charge in [0.1, 0.15) is 5.75 Å². The summed E-state index contributed by atoms with van der Waals surface area (Å²) in [6.45, 7) is 4.31. The maximum Gasteiger partial charge on any atom is 0.259 e. The summed E-state index contributed by atoms with van der Waals surface area (Å²) in [5, 5.41) is 4.37. The molecule has 2 aliphatic rings. The van der Waals surface area contributed by atoms with Crippen molar-refractivity contribution >= 4 is 44.8 Å². The third-order valence-corrected chi connectivity index (χ3v) is 7.47. The summed E-state index contributed by atoms with van der Waals surface area (Å²) >= 11 is 0. The average Bonchev–Trinajstić information content (AvgIpc) is 3.57. The van der Waals surface area contributed by atoms with E-state index in [1.165, 1.54) is 32.4 Å². The van der Waals surface area contributed by atoms with Crippen LogP contribution in [0.5, 0.6) is 5.75 Å². The van der Waals surface area contributed by atoms with Crippen molar-refractivity contribution in [1.29, 1.82) is 0 Å². The van der Waals surface area contributed by atoms with Crippen molar-refractivity contribution in [2.75, 3.05) is 26.7 Å². The number of para-hydroxylation sites is 1. The average molecular weight is 483 g/mol. The van der Waals surface area contributed by atoms with Crippen LogP contribution in [0.15, 0.2) is 54.9 Å². The molecule has 0 unspecified atom stereocenters. The highest BCUT2D eigenvalue weighted by molar-refractivity contribution is 6.50. The molecule has 2 aromatic heterocycles. The van der Waals surface area contributed by atoms with E-state index in [1.807, 2.05) is 42.6 Å². The number of methoxy groups -OCH3 is 1. The molecule has 4 aromatic rings. The Morgan fingerprint density at radius 2 is 1.67 bits per heavy atom. The molecular formula is C29H30N4O3. The lowest BCUT2D eigenvalue weighted by Gasteiger charge is -2.26. The number of aryl methyl sites for hydroxylation is 1. The van der Waals surface area contributed by atoms with Gasteiger partial charge < -0.3 is 19.2 Å². The molecule has 2 aliphatic heterocycles. The second kappa shape index (κ2) is 9.32. The molecule has 2 N–H and O–H groups in total. The fourth-order valence-electron chi connectivity index (χ4n) is 5.68. The zero-order valence-corrected chi connectivity index (χ0v) is 20.5. The molecular weight excluding hydrogens is 452 g/mol. The third kappa shape index (κ3) is 3.89. The van der Waals surface area contributed by atoms with Gasteiger partial charge in [-0.2, -0.15) is 0 Å². The van der Waals surface area contributed by atoms with Crippen molar-refractivity contribution in [2.24, 2.45) is 0 Å². The molecule has 36 heavy (non-hydrogen) atoms. The number of H-pyrrole nitrogens is 1. The molecule has 0 bridgehead atoms. The number of amides is 2. The summed E-state index contributed by atoms with van der Waals surface area (Å²) in [6.07, 6.45) is 8.80. The lowest BCUT2D eigenvalue weighted by atomic mass is 9.95. The lowest BCUT2D eigenvalue weighted by molar-refractivity contribution is -0.122. The molecule has 0 saturated carbocycles. The normalized spacial score (nSPS) is 16.9. The second-order valence-corrected chi connectivity index (χ2v) is 9.66. The Bertz CT molecular complexity index is 1500. The van der Waals surface area contributed by atoms with Crippen LogP contribution in [0.3, 0.4) is 0 Å². The van der Waals surface area contributed by atoms with Crippen molar-refractivity contribution in [1.82, 2.24) is 19.8 Å². The van der Waals surface area contributed by atoms with Gasteiger partial charge in [-0.05, 0) is 63.2 Å². The Kier molecular flexibility index (Phi) is 5.85. The van der Waals surface area contributed by atoms with Gasteiger partial charge in [-0.1, -0.05) is 24.6 Å². The number of aromatic nitrogens is 2. The van der Waals surface area contributed by atoms with Crippen LogP contribution in [0.4, 0.5) is 0 Å². The summed E-state index contributed by atoms with van der Waals surface area (Å²) in [4.78, 5) is 32.1. The van der Waals surface area contributed by atoms with Crippen molar-refractivity contribution in [3.05, 3.63) is 66.0 Å². The first-order valence-electron chi connectivity index (χ1n) is 12.7. The Labute approximate surface area is 209 Å². The fourth-order valence-corrected chi connectivity index (χ4v) is 5.68. The molecule has 4 heterocycles. The van der Waals surface area contributed by atoms with Gasteiger partial charge >= 0.3 is 0 Å². The molecule has 0 spiro atoms. The molecule has 2 amide bonds. The van der Waals surface area contributed by atoms with Gasteiger partial charge in [0, 0.05) is 51.9 Å². The number of imide groups is 1. The summed E-state index contributed by atoms with van der Waals surface area (Å²) in [5.41, 5.74) is 4.27. The highest BCUT2D eigenvalue weighted by Crippen LogP contribution is 2.39. The van der Waals surface area contributed by atoms with Crippen molar-refractivity contribution in [3.8, 4) is 5.75 Å². The van der Waals surface area contributed by atoms with E-state index in [4.69, 9.17) is 4.74 Å². The minimum atomic E-state index is -0.374. The SMILES string of the molecule is COc1ccc2[nH]cc(C3=C(c4cn(CCCN5CCCCC5)c5ccccc45)C(=O)NC3=O)c2c1. The molecule has 184 valence electrons. The van der Waals surface area contributed by atoms with Crippen LogP contribution >= 0.6 is 0 Å². The van der Waals surface area contributed by atoms with Crippen LogP contribution in [-0.2, 0) is 16.1 Å². The van der Waals surface area contributed by atoms with Crippen LogP contribution in [0.2, 0.25) is 0 Å². The number of likely N-dealkylation sites (tertiary alicyclic amines) is 1. The number of hydrogen-bond acceptors (Lipinski definition) is 4. The van der Waals surface area contributed by atoms with E-state index in [2.05, 4.69) is 25.8 Å². The summed E-state index contributed by atoms with van der Waals surface area (Å²) in [5.74, 6) is -0.0374. The van der Waals surface area contributed by atoms with E-state index in [0.29, 0.717) is 22.5 Å². The monoisotopic (exact) mass is 482 g/mol. The zero-order chi connectivity index (χ0) is 24.6. The molecule has 0 radical (unpaired) electrons. The number of nitrogens with one attached hydrogen (secondary N) is 2. The molecule has 1 fully saturated rings. The predicted molar refractivity (Wildman–Crippen MR) is 142 cm³/mol. The number of rotatable bonds is 7. The fraction of sp³-hybridized carbons (Fsp3) is 0.310. The summed E-state index contributed by atoms with van der Waals surface area (Å²) < 4.78 is 7.64. The maximum absolute atomic E-state index is 13.2. The minimum Gasteiger partial charge on any atom is -0.497 e. The summed E-state index contributed by atoms with van der Waals surface area (Å²) in [7, 11) is 1.62. The third-order valence-electron chi connectivity index (χ3n) is 7.47. The van der Waals surface area contributed by atoms with Crippen molar-refractivity contribution in [2.45, 2.75) is 32.2 Å². The number of hydrogen-bond donors (Lipinski definition) is 2. The van der Waals surface area contributed by atoms with Crippen LogP contribution in [-0.4, -0.2) is 53.0 Å². The van der Waals surface area contributed by atoms with E-state index in [9.17, 15) is 9.59 Å². The van der Waals surface area contributed by atoms with Crippen LogP contribution in [0.1, 0.15) is 36.8 Å². The van der Waals surface area contributed by atoms with E-state index in [-0.39, 0.29) is 11.8 Å². The first-order valence-corrected chi connectivity index (χ1v) is 12.7. The van der Waals surface area contributed by atoms with Gasteiger partial charge in [-0.25, -0.2) is 0 Å². The van der Waals surface area contributed by atoms with E-state index in [1.54, 1.807) is 13.3 Å².